The second-order valence-corrected chi connectivity index (χ2v) is 13.2. The molecule has 12 heteroatoms. The van der Waals surface area contributed by atoms with Crippen molar-refractivity contribution in [2.24, 2.45) is 17.8 Å². The third-order valence-corrected chi connectivity index (χ3v) is 11.8. The summed E-state index contributed by atoms with van der Waals surface area (Å²) in [6, 6.07) is 9.31. The maximum absolute atomic E-state index is 12.1. The number of rotatable bonds is 10. The van der Waals surface area contributed by atoms with Crippen LogP contribution in [-0.4, -0.2) is 134 Å². The van der Waals surface area contributed by atoms with E-state index in [4.69, 9.17) is 15.3 Å². The first-order valence-electron chi connectivity index (χ1n) is 15.6. The van der Waals surface area contributed by atoms with E-state index in [1.165, 1.54) is 11.3 Å². The summed E-state index contributed by atoms with van der Waals surface area (Å²) in [5.41, 5.74) is 2.32. The van der Waals surface area contributed by atoms with Crippen molar-refractivity contribution in [3.8, 4) is 0 Å². The first kappa shape index (κ1) is 32.1. The lowest BCUT2D eigenvalue weighted by molar-refractivity contribution is -1.04. The number of aliphatic carboxylic acids is 2. The highest BCUT2D eigenvalue weighted by molar-refractivity contribution is 5.82. The summed E-state index contributed by atoms with van der Waals surface area (Å²) in [5.74, 6) is -3.04. The van der Waals surface area contributed by atoms with Crippen LogP contribution in [0.5, 0.6) is 0 Å². The number of nitrogens with zero attached hydrogens (tertiary/aromatic N) is 3. The molecule has 4 saturated heterocycles. The molecule has 43 heavy (non-hydrogen) atoms. The topological polar surface area (TPSA) is 185 Å². The number of carboxylic acid groups (broad SMARTS) is 2. The van der Waals surface area contributed by atoms with Gasteiger partial charge in [0.05, 0.1) is 29.6 Å². The van der Waals surface area contributed by atoms with Crippen molar-refractivity contribution in [2.45, 2.75) is 94.2 Å². The van der Waals surface area contributed by atoms with Crippen molar-refractivity contribution < 1.29 is 49.8 Å². The van der Waals surface area contributed by atoms with Gasteiger partial charge in [0.1, 0.15) is 24.8 Å². The van der Waals surface area contributed by atoms with Gasteiger partial charge in [0.15, 0.2) is 12.3 Å². The Bertz CT molecular complexity index is 1200. The van der Waals surface area contributed by atoms with Crippen molar-refractivity contribution in [2.75, 3.05) is 38.1 Å². The summed E-state index contributed by atoms with van der Waals surface area (Å²) in [5, 5.41) is 69.6. The molecule has 5 heterocycles. The molecule has 240 valence electrons. The first-order chi connectivity index (χ1) is 20.3. The Morgan fingerprint density at radius 3 is 2.30 bits per heavy atom. The number of carboxylic acids is 2. The Morgan fingerprint density at radius 2 is 1.74 bits per heavy atom. The van der Waals surface area contributed by atoms with Crippen LogP contribution >= 0.6 is 0 Å². The lowest BCUT2D eigenvalue weighted by Gasteiger charge is -2.68. The van der Waals surface area contributed by atoms with Gasteiger partial charge in [-0.3, -0.25) is 4.48 Å². The second kappa shape index (κ2) is 11.6. The van der Waals surface area contributed by atoms with Crippen LogP contribution in [0.25, 0.3) is 0 Å². The van der Waals surface area contributed by atoms with Gasteiger partial charge in [-0.25, -0.2) is 4.79 Å². The molecule has 0 amide bonds. The summed E-state index contributed by atoms with van der Waals surface area (Å²) < 4.78 is 0.601. The van der Waals surface area contributed by atoms with E-state index in [2.05, 4.69) is 61.9 Å². The number of para-hydroxylation sites is 1. The van der Waals surface area contributed by atoms with Crippen LogP contribution < -0.4 is 10.0 Å². The van der Waals surface area contributed by atoms with Crippen molar-refractivity contribution in [3.63, 3.8) is 0 Å². The molecule has 0 radical (unpaired) electrons. The van der Waals surface area contributed by atoms with E-state index in [0.29, 0.717) is 23.5 Å². The zero-order chi connectivity index (χ0) is 31.6. The van der Waals surface area contributed by atoms with Gasteiger partial charge in [0, 0.05) is 44.0 Å². The molecule has 7 rings (SSSR count). The van der Waals surface area contributed by atoms with E-state index in [9.17, 15) is 30.0 Å². The Kier molecular flexibility index (Phi) is 8.62. The van der Waals surface area contributed by atoms with Gasteiger partial charge >= 0.3 is 5.97 Å². The maximum Gasteiger partial charge on any atom is 0.335 e. The van der Waals surface area contributed by atoms with E-state index >= 15 is 0 Å². The Labute approximate surface area is 252 Å². The van der Waals surface area contributed by atoms with Gasteiger partial charge in [-0.1, -0.05) is 39.0 Å². The minimum atomic E-state index is -2.38. The van der Waals surface area contributed by atoms with Crippen LogP contribution in [0.1, 0.15) is 45.6 Å². The molecule has 1 aromatic carbocycles. The van der Waals surface area contributed by atoms with Crippen LogP contribution in [0.3, 0.4) is 0 Å². The third kappa shape index (κ3) is 4.44. The molecular weight excluding hydrogens is 558 g/mol. The molecule has 1 aliphatic carbocycles. The fourth-order valence-corrected chi connectivity index (χ4v) is 10.2. The van der Waals surface area contributed by atoms with E-state index in [-0.39, 0.29) is 41.5 Å². The normalized spacial score (nSPS) is 40.0. The number of piperidine rings is 4. The van der Waals surface area contributed by atoms with Gasteiger partial charge in [-0.2, -0.15) is 0 Å². The number of anilines is 1. The number of quaternary nitrogens is 1. The number of aliphatic hydroxyl groups is 5. The molecular formula is C31H47N3O9. The number of carbonyl (C=O) groups is 2. The highest BCUT2D eigenvalue weighted by Crippen LogP contribution is 2.71. The van der Waals surface area contributed by atoms with E-state index in [1.54, 1.807) is 0 Å². The van der Waals surface area contributed by atoms with Gasteiger partial charge in [-0.05, 0) is 37.1 Å². The van der Waals surface area contributed by atoms with Crippen molar-refractivity contribution >= 4 is 17.6 Å². The molecule has 1 aromatic rings. The molecule has 4 unspecified atom stereocenters. The zero-order valence-corrected chi connectivity index (χ0v) is 25.4. The van der Waals surface area contributed by atoms with Crippen molar-refractivity contribution in [1.29, 1.82) is 0 Å². The number of fused-ring (bicyclic) bond motifs is 2. The molecule has 5 aliphatic heterocycles. The average Bonchev–Trinajstić information content (AvgIpc) is 3.37. The van der Waals surface area contributed by atoms with Gasteiger partial charge in [0.25, 0.3) is 0 Å². The number of hydrogen-bond donors (Lipinski definition) is 6. The Morgan fingerprint density at radius 1 is 1.09 bits per heavy atom. The van der Waals surface area contributed by atoms with Crippen molar-refractivity contribution in [1.82, 2.24) is 4.90 Å². The zero-order valence-electron chi connectivity index (χ0n) is 25.4. The number of carbonyl (C=O) groups excluding carboxylic acids is 1. The summed E-state index contributed by atoms with van der Waals surface area (Å²) in [6.45, 7) is 9.58. The fourth-order valence-electron chi connectivity index (χ4n) is 10.2. The van der Waals surface area contributed by atoms with Gasteiger partial charge in [-0.15, -0.1) is 0 Å². The minimum absolute atomic E-state index is 0.171. The molecule has 5 fully saturated rings. The van der Waals surface area contributed by atoms with E-state index in [1.807, 2.05) is 0 Å². The predicted octanol–water partition coefficient (Wildman–Crippen LogP) is -1.69. The number of aliphatic hydroxyl groups excluding tert-OH is 5. The lowest BCUT2D eigenvalue weighted by Crippen LogP contribution is -2.84. The Hall–Kier alpha value is -2.32. The predicted molar refractivity (Wildman–Crippen MR) is 153 cm³/mol. The minimum Gasteiger partial charge on any atom is -0.547 e. The SMILES string of the molecule is CC[C@H]1C2C[C@H]3[C@@H]4N(C)c5ccccc5[C@]45C[C@@H](C2[C@H]5O)[N+]3(CC(O)CN(CC)CC)[C@@H]1O.O=C([O-])[C@H](O)[C@@H](O)C(=O)O. The molecule has 12 nitrogen and oxygen atoms in total. The summed E-state index contributed by atoms with van der Waals surface area (Å²) in [7, 11) is 2.19. The standard InChI is InChI=1S/C27H42N3O3.C4H6O6/c1-5-17-18-12-21-24-27(19-10-8-9-11-20(19)28(24)4)13-22(23(18)25(27)32)30(21,26(17)33)15-16(31)14-29(6-2)7-3;5-1(3(7)8)2(6)4(9)10/h8-11,16-18,21-26,31-33H,5-7,12-15H2,1-4H3;1-2,5-6H,(H,7,8)(H,9,10)/q+1;/p-1/t16?,17-,18?,21-,22-,23?,24-,25+,26+,27+,30?;1-,2-/m01/s1. The monoisotopic (exact) mass is 605 g/mol. The Balaban J connectivity index is 0.000000319. The molecule has 1 spiro atoms. The third-order valence-electron chi connectivity index (χ3n) is 11.8. The van der Waals surface area contributed by atoms with Crippen molar-refractivity contribution in [3.05, 3.63) is 29.8 Å². The molecule has 6 aliphatic rings. The lowest BCUT2D eigenvalue weighted by atomic mass is 9.60. The highest BCUT2D eigenvalue weighted by Gasteiger charge is 2.83. The molecule has 6 N–H and O–H groups in total. The van der Waals surface area contributed by atoms with Gasteiger partial charge in [0.2, 0.25) is 0 Å². The average molecular weight is 606 g/mol. The first-order valence-corrected chi connectivity index (χ1v) is 15.6. The summed E-state index contributed by atoms with van der Waals surface area (Å²) in [4.78, 5) is 24.1. The quantitative estimate of drug-likeness (QED) is 0.167. The number of hydrogen-bond acceptors (Lipinski definition) is 10. The maximum atomic E-state index is 12.1. The molecule has 0 aromatic heterocycles. The summed E-state index contributed by atoms with van der Waals surface area (Å²) in [6.07, 6.45) is -3.11. The van der Waals surface area contributed by atoms with E-state index < -0.39 is 36.5 Å². The highest BCUT2D eigenvalue weighted by atomic mass is 16.4. The molecule has 13 atom stereocenters. The number of benzene rings is 1. The van der Waals surface area contributed by atoms with Crippen LogP contribution in [0.4, 0.5) is 5.69 Å². The molecule has 5 bridgehead atoms. The van der Waals surface area contributed by atoms with Gasteiger partial charge < -0.3 is 50.3 Å². The van der Waals surface area contributed by atoms with Crippen LogP contribution in [0.15, 0.2) is 24.3 Å². The second-order valence-electron chi connectivity index (χ2n) is 13.2. The molecule has 1 saturated carbocycles. The summed E-state index contributed by atoms with van der Waals surface area (Å²) >= 11 is 0. The largest absolute Gasteiger partial charge is 0.547 e. The van der Waals surface area contributed by atoms with Crippen LogP contribution in [-0.2, 0) is 15.0 Å². The van der Waals surface area contributed by atoms with Crippen LogP contribution in [0, 0.1) is 17.8 Å². The fraction of sp³-hybridized carbons (Fsp3) is 0.742. The van der Waals surface area contributed by atoms with E-state index in [0.717, 1.165) is 32.4 Å². The number of likely N-dealkylation sites (N-methyl/N-ethyl adjacent to an activating group) is 2. The van der Waals surface area contributed by atoms with Crippen LogP contribution in [0.2, 0.25) is 0 Å². The smallest absolute Gasteiger partial charge is 0.335 e.